The molecule has 9 heteroatoms. The van der Waals surface area contributed by atoms with Gasteiger partial charge < -0.3 is 24.9 Å². The number of ether oxygens (including phenoxy) is 2. The summed E-state index contributed by atoms with van der Waals surface area (Å²) in [6, 6.07) is 19.3. The fourth-order valence-electron chi connectivity index (χ4n) is 3.92. The van der Waals surface area contributed by atoms with Gasteiger partial charge >= 0.3 is 5.97 Å². The molecule has 192 valence electrons. The summed E-state index contributed by atoms with van der Waals surface area (Å²) in [6.07, 6.45) is 3.96. The molecule has 0 bridgehead atoms. The van der Waals surface area contributed by atoms with Gasteiger partial charge in [-0.1, -0.05) is 41.9 Å². The molecule has 4 rings (SSSR count). The number of nitrogens with zero attached hydrogens (tertiary/aromatic N) is 1. The lowest BCUT2D eigenvalue weighted by atomic mass is 10.1. The van der Waals surface area contributed by atoms with E-state index in [1.165, 1.54) is 25.3 Å². The van der Waals surface area contributed by atoms with Crippen molar-refractivity contribution >= 4 is 40.5 Å². The molecule has 3 N–H and O–H groups in total. The molecular formula is C29H24ClN3O5. The van der Waals surface area contributed by atoms with Crippen molar-refractivity contribution in [1.29, 1.82) is 5.26 Å². The summed E-state index contributed by atoms with van der Waals surface area (Å²) in [6.45, 7) is 0.497. The van der Waals surface area contributed by atoms with E-state index in [4.69, 9.17) is 26.2 Å². The first-order chi connectivity index (χ1) is 18.4. The van der Waals surface area contributed by atoms with Crippen molar-refractivity contribution < 1.29 is 24.2 Å². The van der Waals surface area contributed by atoms with Gasteiger partial charge in [0.05, 0.1) is 17.7 Å². The average Bonchev–Trinajstić information content (AvgIpc) is 3.34. The number of hydrogen-bond acceptors (Lipinski definition) is 5. The van der Waals surface area contributed by atoms with Crippen LogP contribution in [0.25, 0.3) is 17.0 Å². The number of carbonyl (C=O) groups is 2. The number of nitrogens with one attached hydrogen (secondary N) is 2. The van der Waals surface area contributed by atoms with Crippen LogP contribution in [0.2, 0.25) is 5.02 Å². The monoisotopic (exact) mass is 529 g/mol. The molecule has 1 heterocycles. The molecular weight excluding hydrogens is 506 g/mol. The zero-order valence-corrected chi connectivity index (χ0v) is 21.2. The van der Waals surface area contributed by atoms with E-state index in [2.05, 4.69) is 10.3 Å². The Morgan fingerprint density at radius 1 is 1.16 bits per heavy atom. The first-order valence-electron chi connectivity index (χ1n) is 11.7. The Bertz CT molecular complexity index is 1550. The largest absolute Gasteiger partial charge is 0.493 e. The molecule has 0 unspecified atom stereocenters. The van der Waals surface area contributed by atoms with Gasteiger partial charge in [-0.25, -0.2) is 4.79 Å². The van der Waals surface area contributed by atoms with Crippen molar-refractivity contribution in [3.05, 3.63) is 99.7 Å². The summed E-state index contributed by atoms with van der Waals surface area (Å²) < 4.78 is 11.2. The number of carboxylic acid groups (broad SMARTS) is 1. The Kier molecular flexibility index (Phi) is 8.31. The van der Waals surface area contributed by atoms with E-state index in [1.54, 1.807) is 24.3 Å². The summed E-state index contributed by atoms with van der Waals surface area (Å²) >= 11 is 6.44. The second-order valence-electron chi connectivity index (χ2n) is 8.36. The van der Waals surface area contributed by atoms with Crippen LogP contribution in [-0.2, 0) is 17.8 Å². The summed E-state index contributed by atoms with van der Waals surface area (Å²) in [5.41, 5.74) is 3.45. The number of para-hydroxylation sites is 1. The molecule has 4 aromatic rings. The van der Waals surface area contributed by atoms with Crippen LogP contribution in [0.5, 0.6) is 11.5 Å². The lowest BCUT2D eigenvalue weighted by Crippen LogP contribution is -2.26. The Morgan fingerprint density at radius 2 is 1.92 bits per heavy atom. The van der Waals surface area contributed by atoms with Crippen molar-refractivity contribution in [2.75, 3.05) is 13.7 Å². The van der Waals surface area contributed by atoms with Gasteiger partial charge in [-0.05, 0) is 59.5 Å². The summed E-state index contributed by atoms with van der Waals surface area (Å²) in [4.78, 5) is 26.9. The van der Waals surface area contributed by atoms with E-state index in [9.17, 15) is 14.9 Å². The molecule has 0 aliphatic carbocycles. The maximum atomic E-state index is 12.7. The molecule has 0 saturated carbocycles. The van der Waals surface area contributed by atoms with Crippen molar-refractivity contribution in [2.24, 2.45) is 0 Å². The molecule has 38 heavy (non-hydrogen) atoms. The van der Waals surface area contributed by atoms with Gasteiger partial charge in [0.15, 0.2) is 11.5 Å². The standard InChI is InChI=1S/C29H24ClN3O5/c1-37-26-14-19(13-24(30)27(26)38-17-18-6-8-20(9-7-18)29(35)36)12-22(15-31)28(34)32-11-10-21-16-33-25-5-3-2-4-23(21)25/h2-9,12-14,16,33H,10-11,17H2,1H3,(H,32,34)(H,35,36)/b22-12-. The van der Waals surface area contributed by atoms with Crippen LogP contribution in [0.3, 0.4) is 0 Å². The Labute approximate surface area is 224 Å². The second-order valence-corrected chi connectivity index (χ2v) is 8.77. The molecule has 0 radical (unpaired) electrons. The first-order valence-corrected chi connectivity index (χ1v) is 12.0. The van der Waals surface area contributed by atoms with E-state index in [0.717, 1.165) is 22.0 Å². The Balaban J connectivity index is 1.42. The van der Waals surface area contributed by atoms with Crippen molar-refractivity contribution in [3.8, 4) is 17.6 Å². The number of aromatic amines is 1. The minimum atomic E-state index is -1.01. The lowest BCUT2D eigenvalue weighted by molar-refractivity contribution is -0.117. The van der Waals surface area contributed by atoms with Crippen LogP contribution in [0.4, 0.5) is 0 Å². The fraction of sp³-hybridized carbons (Fsp3) is 0.138. The second kappa shape index (κ2) is 12.0. The molecule has 8 nitrogen and oxygen atoms in total. The molecule has 0 aliphatic heterocycles. The summed E-state index contributed by atoms with van der Waals surface area (Å²) in [5.74, 6) is -0.892. The highest BCUT2D eigenvalue weighted by Crippen LogP contribution is 2.37. The number of aromatic nitrogens is 1. The van der Waals surface area contributed by atoms with Gasteiger partial charge in [-0.3, -0.25) is 4.79 Å². The third-order valence-electron chi connectivity index (χ3n) is 5.87. The third-order valence-corrected chi connectivity index (χ3v) is 6.15. The van der Waals surface area contributed by atoms with Crippen LogP contribution >= 0.6 is 11.6 Å². The van der Waals surface area contributed by atoms with Crippen LogP contribution < -0.4 is 14.8 Å². The highest BCUT2D eigenvalue weighted by molar-refractivity contribution is 6.32. The van der Waals surface area contributed by atoms with Crippen molar-refractivity contribution in [1.82, 2.24) is 10.3 Å². The van der Waals surface area contributed by atoms with Crippen LogP contribution in [0.15, 0.2) is 72.4 Å². The van der Waals surface area contributed by atoms with Gasteiger partial charge in [0.2, 0.25) is 0 Å². The number of amides is 1. The number of carbonyl (C=O) groups excluding carboxylic acids is 1. The molecule has 0 spiro atoms. The quantitative estimate of drug-likeness (QED) is 0.187. The zero-order valence-electron chi connectivity index (χ0n) is 20.5. The SMILES string of the molecule is COc1cc(/C=C(/C#N)C(=O)NCCc2c[nH]c3ccccc23)cc(Cl)c1OCc1ccc(C(=O)O)cc1. The molecule has 0 fully saturated rings. The van der Waals surface area contributed by atoms with Gasteiger partial charge in [0.25, 0.3) is 5.91 Å². The zero-order chi connectivity index (χ0) is 27.1. The summed E-state index contributed by atoms with van der Waals surface area (Å²) in [5, 5.41) is 22.7. The summed E-state index contributed by atoms with van der Waals surface area (Å²) in [7, 11) is 1.45. The fourth-order valence-corrected chi connectivity index (χ4v) is 4.20. The van der Waals surface area contributed by atoms with Crippen LogP contribution in [0, 0.1) is 11.3 Å². The van der Waals surface area contributed by atoms with Gasteiger partial charge in [0, 0.05) is 23.6 Å². The van der Waals surface area contributed by atoms with Crippen molar-refractivity contribution in [3.63, 3.8) is 0 Å². The predicted octanol–water partition coefficient (Wildman–Crippen LogP) is 5.37. The maximum absolute atomic E-state index is 12.7. The normalized spacial score (nSPS) is 11.1. The molecule has 3 aromatic carbocycles. The number of H-pyrrole nitrogens is 1. The van der Waals surface area contributed by atoms with Gasteiger partial charge in [-0.15, -0.1) is 0 Å². The highest BCUT2D eigenvalue weighted by atomic mass is 35.5. The van der Waals surface area contributed by atoms with Crippen LogP contribution in [0.1, 0.15) is 27.0 Å². The number of carboxylic acids is 1. The highest BCUT2D eigenvalue weighted by Gasteiger charge is 2.15. The average molecular weight is 530 g/mol. The smallest absolute Gasteiger partial charge is 0.335 e. The topological polar surface area (TPSA) is 124 Å². The number of halogens is 1. The van der Waals surface area contributed by atoms with E-state index in [-0.39, 0.29) is 28.5 Å². The number of fused-ring (bicyclic) bond motifs is 1. The van der Waals surface area contributed by atoms with Crippen LogP contribution in [-0.4, -0.2) is 35.6 Å². The maximum Gasteiger partial charge on any atom is 0.335 e. The number of methoxy groups -OCH3 is 1. The molecule has 0 aliphatic rings. The molecule has 1 aromatic heterocycles. The lowest BCUT2D eigenvalue weighted by Gasteiger charge is -2.14. The third kappa shape index (κ3) is 6.14. The van der Waals surface area contributed by atoms with Crippen molar-refractivity contribution in [2.45, 2.75) is 13.0 Å². The van der Waals surface area contributed by atoms with E-state index in [1.807, 2.05) is 36.5 Å². The van der Waals surface area contributed by atoms with E-state index < -0.39 is 11.9 Å². The number of rotatable bonds is 10. The number of aromatic carboxylic acids is 1. The molecule has 0 saturated heterocycles. The Hall–Kier alpha value is -4.74. The molecule has 1 amide bonds. The number of nitriles is 1. The minimum Gasteiger partial charge on any atom is -0.493 e. The Morgan fingerprint density at radius 3 is 2.63 bits per heavy atom. The van der Waals surface area contributed by atoms with E-state index in [0.29, 0.717) is 24.3 Å². The number of benzene rings is 3. The minimum absolute atomic E-state index is 0.0748. The first kappa shape index (κ1) is 26.3. The number of hydrogen-bond donors (Lipinski definition) is 3. The molecule has 0 atom stereocenters. The van der Waals surface area contributed by atoms with E-state index >= 15 is 0 Å². The van der Waals surface area contributed by atoms with Gasteiger partial charge in [0.1, 0.15) is 18.2 Å². The van der Waals surface area contributed by atoms with Gasteiger partial charge in [-0.2, -0.15) is 5.26 Å². The predicted molar refractivity (Wildman–Crippen MR) is 144 cm³/mol.